The number of hydrogen-bond acceptors (Lipinski definition) is 4. The second-order valence-corrected chi connectivity index (χ2v) is 7.22. The van der Waals surface area contributed by atoms with Crippen LogP contribution in [0.4, 0.5) is 0 Å². The van der Waals surface area contributed by atoms with Gasteiger partial charge in [-0.2, -0.15) is 5.10 Å². The second kappa shape index (κ2) is 6.93. The van der Waals surface area contributed by atoms with Crippen molar-refractivity contribution in [3.63, 3.8) is 0 Å². The maximum atomic E-state index is 11.9. The van der Waals surface area contributed by atoms with Crippen molar-refractivity contribution in [2.75, 3.05) is 26.7 Å². The van der Waals surface area contributed by atoms with Crippen molar-refractivity contribution < 1.29 is 9.53 Å². The van der Waals surface area contributed by atoms with Gasteiger partial charge >= 0.3 is 5.97 Å². The van der Waals surface area contributed by atoms with Crippen LogP contribution in [0.25, 0.3) is 10.9 Å². The molecule has 1 aromatic heterocycles. The van der Waals surface area contributed by atoms with Crippen LogP contribution < -0.4 is 0 Å². The number of para-hydroxylation sites is 1. The highest BCUT2D eigenvalue weighted by molar-refractivity contribution is 5.86. The molecule has 5 nitrogen and oxygen atoms in total. The summed E-state index contributed by atoms with van der Waals surface area (Å²) in [4.78, 5) is 14.3. The summed E-state index contributed by atoms with van der Waals surface area (Å²) >= 11 is 0. The first-order chi connectivity index (χ1) is 11.5. The second-order valence-electron chi connectivity index (χ2n) is 7.22. The number of rotatable bonds is 5. The zero-order valence-corrected chi connectivity index (χ0v) is 14.9. The Morgan fingerprint density at radius 3 is 2.71 bits per heavy atom. The van der Waals surface area contributed by atoms with Crippen molar-refractivity contribution >= 4 is 16.9 Å². The van der Waals surface area contributed by atoms with Crippen LogP contribution in [0, 0.1) is 5.41 Å². The molecular weight excluding hydrogens is 302 g/mol. The highest BCUT2D eigenvalue weighted by Crippen LogP contribution is 2.33. The Kier molecular flexibility index (Phi) is 4.90. The molecule has 1 aromatic carbocycles. The fraction of sp³-hybridized carbons (Fsp3) is 0.579. The summed E-state index contributed by atoms with van der Waals surface area (Å²) in [6.07, 6.45) is 2.58. The van der Waals surface area contributed by atoms with Gasteiger partial charge in [0.05, 0.1) is 24.2 Å². The standard InChI is InChI=1S/C19H27N3O2/c1-4-24-18(23)13-16-15-7-5-6-8-17(15)22(20-16)14-19(2)9-11-21(3)12-10-19/h5-8H,4,9-14H2,1-3H3. The summed E-state index contributed by atoms with van der Waals surface area (Å²) in [7, 11) is 2.18. The molecule has 130 valence electrons. The number of hydrogen-bond donors (Lipinski definition) is 0. The molecule has 5 heteroatoms. The van der Waals surface area contributed by atoms with Crippen LogP contribution >= 0.6 is 0 Å². The maximum absolute atomic E-state index is 11.9. The number of nitrogens with zero attached hydrogens (tertiary/aromatic N) is 3. The Bertz CT molecular complexity index is 714. The fourth-order valence-corrected chi connectivity index (χ4v) is 3.47. The minimum absolute atomic E-state index is 0.210. The molecule has 1 fully saturated rings. The first-order valence-electron chi connectivity index (χ1n) is 8.79. The van der Waals surface area contributed by atoms with Crippen LogP contribution in [0.15, 0.2) is 24.3 Å². The minimum atomic E-state index is -0.210. The van der Waals surface area contributed by atoms with E-state index in [0.29, 0.717) is 6.61 Å². The third kappa shape index (κ3) is 3.61. The van der Waals surface area contributed by atoms with Gasteiger partial charge in [-0.05, 0) is 51.4 Å². The number of fused-ring (bicyclic) bond motifs is 1. The average molecular weight is 329 g/mol. The third-order valence-corrected chi connectivity index (χ3v) is 5.08. The van der Waals surface area contributed by atoms with Crippen molar-refractivity contribution in [2.24, 2.45) is 5.41 Å². The van der Waals surface area contributed by atoms with E-state index in [9.17, 15) is 4.79 Å². The smallest absolute Gasteiger partial charge is 0.311 e. The Balaban J connectivity index is 1.87. The highest BCUT2D eigenvalue weighted by Gasteiger charge is 2.30. The van der Waals surface area contributed by atoms with Gasteiger partial charge in [-0.3, -0.25) is 9.48 Å². The molecule has 0 bridgehead atoms. The number of benzene rings is 1. The molecular formula is C19H27N3O2. The molecule has 1 aliphatic heterocycles. The predicted octanol–water partition coefficient (Wildman–Crippen LogP) is 2.87. The van der Waals surface area contributed by atoms with Gasteiger partial charge in [0.2, 0.25) is 0 Å². The summed E-state index contributed by atoms with van der Waals surface area (Å²) in [5.41, 5.74) is 2.18. The zero-order valence-electron chi connectivity index (χ0n) is 14.9. The van der Waals surface area contributed by atoms with Crippen molar-refractivity contribution in [1.29, 1.82) is 0 Å². The summed E-state index contributed by atoms with van der Waals surface area (Å²) in [5.74, 6) is -0.210. The van der Waals surface area contributed by atoms with E-state index >= 15 is 0 Å². The average Bonchev–Trinajstić information content (AvgIpc) is 2.89. The van der Waals surface area contributed by atoms with Gasteiger partial charge in [-0.15, -0.1) is 0 Å². The molecule has 1 aliphatic rings. The first kappa shape index (κ1) is 17.0. The number of piperidine rings is 1. The minimum Gasteiger partial charge on any atom is -0.466 e. The van der Waals surface area contributed by atoms with E-state index in [2.05, 4.69) is 29.6 Å². The topological polar surface area (TPSA) is 47.4 Å². The molecule has 24 heavy (non-hydrogen) atoms. The predicted molar refractivity (Wildman–Crippen MR) is 94.9 cm³/mol. The number of aromatic nitrogens is 2. The van der Waals surface area contributed by atoms with E-state index < -0.39 is 0 Å². The lowest BCUT2D eigenvalue weighted by atomic mass is 9.80. The first-order valence-corrected chi connectivity index (χ1v) is 8.79. The van der Waals surface area contributed by atoms with Gasteiger partial charge in [0.25, 0.3) is 0 Å². The summed E-state index contributed by atoms with van der Waals surface area (Å²) in [6.45, 7) is 7.74. The van der Waals surface area contributed by atoms with Crippen molar-refractivity contribution in [1.82, 2.24) is 14.7 Å². The van der Waals surface area contributed by atoms with E-state index in [1.165, 1.54) is 12.8 Å². The quantitative estimate of drug-likeness (QED) is 0.792. The van der Waals surface area contributed by atoms with Gasteiger partial charge in [0.1, 0.15) is 0 Å². The number of likely N-dealkylation sites (tertiary alicyclic amines) is 1. The molecule has 0 unspecified atom stereocenters. The van der Waals surface area contributed by atoms with E-state index in [0.717, 1.165) is 36.2 Å². The molecule has 0 amide bonds. The van der Waals surface area contributed by atoms with Gasteiger partial charge in [-0.1, -0.05) is 25.1 Å². The molecule has 2 aromatic rings. The molecule has 0 radical (unpaired) electrons. The van der Waals surface area contributed by atoms with E-state index in [-0.39, 0.29) is 17.8 Å². The van der Waals surface area contributed by atoms with Crippen molar-refractivity contribution in [2.45, 2.75) is 39.7 Å². The van der Waals surface area contributed by atoms with Crippen LogP contribution in [0.2, 0.25) is 0 Å². The largest absolute Gasteiger partial charge is 0.466 e. The Morgan fingerprint density at radius 1 is 1.29 bits per heavy atom. The Hall–Kier alpha value is -1.88. The molecule has 0 spiro atoms. The molecule has 0 atom stereocenters. The van der Waals surface area contributed by atoms with E-state index in [4.69, 9.17) is 9.84 Å². The number of carbonyl (C=O) groups excluding carboxylic acids is 1. The van der Waals surface area contributed by atoms with Gasteiger partial charge in [0, 0.05) is 11.9 Å². The Morgan fingerprint density at radius 2 is 2.00 bits per heavy atom. The van der Waals surface area contributed by atoms with E-state index in [1.807, 2.05) is 25.1 Å². The molecule has 0 N–H and O–H groups in total. The molecule has 0 saturated carbocycles. The molecule has 0 aliphatic carbocycles. The molecule has 3 rings (SSSR count). The SMILES string of the molecule is CCOC(=O)Cc1nn(CC2(C)CCN(C)CC2)c2ccccc12. The summed E-state index contributed by atoms with van der Waals surface area (Å²) in [6, 6.07) is 8.17. The molecule has 2 heterocycles. The lowest BCUT2D eigenvalue weighted by Crippen LogP contribution is -2.38. The maximum Gasteiger partial charge on any atom is 0.311 e. The lowest BCUT2D eigenvalue weighted by Gasteiger charge is -2.37. The van der Waals surface area contributed by atoms with Crippen LogP contribution in [-0.2, 0) is 22.5 Å². The monoisotopic (exact) mass is 329 g/mol. The number of ether oxygens (including phenoxy) is 1. The third-order valence-electron chi connectivity index (χ3n) is 5.08. The van der Waals surface area contributed by atoms with Gasteiger partial charge in [-0.25, -0.2) is 0 Å². The Labute approximate surface area is 143 Å². The van der Waals surface area contributed by atoms with E-state index in [1.54, 1.807) is 0 Å². The number of carbonyl (C=O) groups is 1. The normalized spacial score (nSPS) is 18.0. The lowest BCUT2D eigenvalue weighted by molar-refractivity contribution is -0.142. The summed E-state index contributed by atoms with van der Waals surface area (Å²) < 4.78 is 7.18. The van der Waals surface area contributed by atoms with Crippen LogP contribution in [-0.4, -0.2) is 47.4 Å². The zero-order chi connectivity index (χ0) is 17.2. The highest BCUT2D eigenvalue weighted by atomic mass is 16.5. The van der Waals surface area contributed by atoms with Crippen LogP contribution in [0.5, 0.6) is 0 Å². The molecule has 1 saturated heterocycles. The van der Waals surface area contributed by atoms with Gasteiger partial charge < -0.3 is 9.64 Å². The van der Waals surface area contributed by atoms with Crippen molar-refractivity contribution in [3.05, 3.63) is 30.0 Å². The fourth-order valence-electron chi connectivity index (χ4n) is 3.47. The summed E-state index contributed by atoms with van der Waals surface area (Å²) in [5, 5.41) is 5.83. The van der Waals surface area contributed by atoms with Crippen LogP contribution in [0.3, 0.4) is 0 Å². The van der Waals surface area contributed by atoms with Crippen LogP contribution in [0.1, 0.15) is 32.4 Å². The number of esters is 1. The van der Waals surface area contributed by atoms with Crippen molar-refractivity contribution in [3.8, 4) is 0 Å². The van der Waals surface area contributed by atoms with Gasteiger partial charge in [0.15, 0.2) is 0 Å².